The Morgan fingerprint density at radius 1 is 1.50 bits per heavy atom. The molecule has 1 saturated heterocycles. The van der Waals surface area contributed by atoms with Crippen LogP contribution in [0.3, 0.4) is 0 Å². The monoisotopic (exact) mass is 336 g/mol. The first-order valence-corrected chi connectivity index (χ1v) is 9.06. The number of aliphatic hydroxyl groups is 1. The summed E-state index contributed by atoms with van der Waals surface area (Å²) < 4.78 is 11.7. The maximum absolute atomic E-state index is 12.2. The van der Waals surface area contributed by atoms with Crippen molar-refractivity contribution in [3.8, 4) is 0 Å². The van der Waals surface area contributed by atoms with Crippen molar-refractivity contribution in [2.45, 2.75) is 84.7 Å². The number of ether oxygens (including phenoxy) is 2. The normalized spacial score (nSPS) is 39.7. The number of hydrogen-bond acceptors (Lipinski definition) is 4. The highest BCUT2D eigenvalue weighted by molar-refractivity contribution is 5.87. The number of fused-ring (bicyclic) bond motifs is 1. The van der Waals surface area contributed by atoms with E-state index in [1.54, 1.807) is 13.0 Å². The van der Waals surface area contributed by atoms with Crippen molar-refractivity contribution >= 4 is 5.97 Å². The first-order chi connectivity index (χ1) is 11.2. The highest BCUT2D eigenvalue weighted by Gasteiger charge is 2.63. The number of rotatable bonds is 3. The van der Waals surface area contributed by atoms with Gasteiger partial charge in [0.1, 0.15) is 17.8 Å². The fraction of sp³-hybridized carbons (Fsp3) is 0.750. The molecule has 136 valence electrons. The van der Waals surface area contributed by atoms with Gasteiger partial charge in [0.15, 0.2) is 0 Å². The molecule has 1 heterocycles. The molecule has 0 aromatic carbocycles. The lowest BCUT2D eigenvalue weighted by atomic mass is 9.79. The van der Waals surface area contributed by atoms with Crippen LogP contribution >= 0.6 is 0 Å². The van der Waals surface area contributed by atoms with Crippen molar-refractivity contribution < 1.29 is 19.4 Å². The summed E-state index contributed by atoms with van der Waals surface area (Å²) in [5.41, 5.74) is 1.26. The summed E-state index contributed by atoms with van der Waals surface area (Å²) in [5.74, 6) is 0.259. The van der Waals surface area contributed by atoms with Crippen LogP contribution in [0.4, 0.5) is 0 Å². The molecule has 1 fully saturated rings. The van der Waals surface area contributed by atoms with Crippen LogP contribution in [0.2, 0.25) is 0 Å². The Labute approximate surface area is 145 Å². The van der Waals surface area contributed by atoms with Crippen LogP contribution in [-0.2, 0) is 14.3 Å². The molecule has 0 spiro atoms. The molecule has 4 heteroatoms. The molecule has 4 nitrogen and oxygen atoms in total. The Bertz CT molecular complexity index is 534. The molecule has 0 bridgehead atoms. The first-order valence-electron chi connectivity index (χ1n) is 9.06. The molecule has 0 amide bonds. The van der Waals surface area contributed by atoms with Gasteiger partial charge >= 0.3 is 5.97 Å². The van der Waals surface area contributed by atoms with Crippen molar-refractivity contribution in [3.63, 3.8) is 0 Å². The van der Waals surface area contributed by atoms with Crippen LogP contribution in [0, 0.1) is 11.8 Å². The van der Waals surface area contributed by atoms with E-state index >= 15 is 0 Å². The number of carbonyl (C=O) groups excluding carboxylic acids is 1. The highest BCUT2D eigenvalue weighted by Crippen LogP contribution is 2.47. The smallest absolute Gasteiger partial charge is 0.333 e. The average molecular weight is 336 g/mol. The lowest BCUT2D eigenvalue weighted by Crippen LogP contribution is -2.40. The number of epoxide rings is 1. The maximum Gasteiger partial charge on any atom is 0.333 e. The standard InChI is InChI=1S/C20H32O4/c1-7-14(5)19(22)23-16-11-9-13(4)8-10-15(12(2)3)17(21)18-20(16,6)24-18/h7,9,12,15-18,21H,8,10-11H2,1-6H3/b13-9+,14-7-/t15-,16-,17+,18+,20+/m0/s1. The van der Waals surface area contributed by atoms with Crippen molar-refractivity contribution in [1.82, 2.24) is 0 Å². The third-order valence-corrected chi connectivity index (χ3v) is 5.69. The molecule has 1 N–H and O–H groups in total. The number of allylic oxidation sites excluding steroid dienone is 2. The summed E-state index contributed by atoms with van der Waals surface area (Å²) >= 11 is 0. The Morgan fingerprint density at radius 3 is 2.75 bits per heavy atom. The number of hydrogen-bond donors (Lipinski definition) is 1. The predicted molar refractivity (Wildman–Crippen MR) is 94.5 cm³/mol. The van der Waals surface area contributed by atoms with Crippen LogP contribution in [0.1, 0.15) is 60.8 Å². The topological polar surface area (TPSA) is 59.1 Å². The van der Waals surface area contributed by atoms with Crippen LogP contribution in [0.25, 0.3) is 0 Å². The Balaban J connectivity index is 2.25. The lowest BCUT2D eigenvalue weighted by molar-refractivity contribution is -0.147. The maximum atomic E-state index is 12.2. The molecule has 0 radical (unpaired) electrons. The molecular formula is C20H32O4. The second kappa shape index (κ2) is 7.40. The van der Waals surface area contributed by atoms with Gasteiger partial charge in [-0.05, 0) is 52.4 Å². The molecule has 1 aliphatic carbocycles. The zero-order chi connectivity index (χ0) is 18.1. The first kappa shape index (κ1) is 19.2. The van der Waals surface area contributed by atoms with E-state index in [0.29, 0.717) is 17.9 Å². The van der Waals surface area contributed by atoms with E-state index in [-0.39, 0.29) is 24.1 Å². The average Bonchev–Trinajstić information content (AvgIpc) is 3.22. The van der Waals surface area contributed by atoms with E-state index in [0.717, 1.165) is 12.8 Å². The molecule has 1 aliphatic heterocycles. The van der Waals surface area contributed by atoms with Gasteiger partial charge in [-0.3, -0.25) is 0 Å². The SMILES string of the molecule is C/C=C(/C)C(=O)O[C@H]1C/C=C(\C)CC[C@@H](C(C)C)[C@@H](O)[C@H]2O[C@]12C. The quantitative estimate of drug-likeness (QED) is 0.369. The fourth-order valence-electron chi connectivity index (χ4n) is 3.57. The molecule has 0 unspecified atom stereocenters. The Morgan fingerprint density at radius 2 is 2.17 bits per heavy atom. The minimum Gasteiger partial charge on any atom is -0.456 e. The number of aliphatic hydroxyl groups excluding tert-OH is 1. The molecule has 24 heavy (non-hydrogen) atoms. The molecule has 0 aromatic heterocycles. The summed E-state index contributed by atoms with van der Waals surface area (Å²) in [6.07, 6.45) is 5.28. The lowest BCUT2D eigenvalue weighted by Gasteiger charge is -2.29. The minimum atomic E-state index is -0.607. The summed E-state index contributed by atoms with van der Waals surface area (Å²) in [6.45, 7) is 11.9. The van der Waals surface area contributed by atoms with E-state index in [1.807, 2.05) is 13.8 Å². The molecule has 0 saturated carbocycles. The van der Waals surface area contributed by atoms with E-state index in [2.05, 4.69) is 26.8 Å². The number of carbonyl (C=O) groups is 1. The van der Waals surface area contributed by atoms with E-state index < -0.39 is 11.7 Å². The molecule has 0 aromatic rings. The summed E-state index contributed by atoms with van der Waals surface area (Å²) in [5, 5.41) is 10.8. The minimum absolute atomic E-state index is 0.187. The van der Waals surface area contributed by atoms with Crippen LogP contribution < -0.4 is 0 Å². The van der Waals surface area contributed by atoms with Gasteiger partial charge in [0.05, 0.1) is 6.10 Å². The largest absolute Gasteiger partial charge is 0.456 e. The predicted octanol–water partition coefficient (Wildman–Crippen LogP) is 3.79. The Kier molecular flexibility index (Phi) is 5.92. The molecule has 2 rings (SSSR count). The van der Waals surface area contributed by atoms with E-state index in [1.165, 1.54) is 5.57 Å². The van der Waals surface area contributed by atoms with Crippen molar-refractivity contribution in [2.75, 3.05) is 0 Å². The van der Waals surface area contributed by atoms with Gasteiger partial charge in [-0.25, -0.2) is 4.79 Å². The highest BCUT2D eigenvalue weighted by atomic mass is 16.7. The molecule has 5 atom stereocenters. The van der Waals surface area contributed by atoms with Gasteiger partial charge in [-0.1, -0.05) is 31.6 Å². The van der Waals surface area contributed by atoms with Crippen molar-refractivity contribution in [3.05, 3.63) is 23.3 Å². The van der Waals surface area contributed by atoms with Crippen LogP contribution in [0.5, 0.6) is 0 Å². The van der Waals surface area contributed by atoms with Gasteiger partial charge in [-0.2, -0.15) is 0 Å². The molecular weight excluding hydrogens is 304 g/mol. The third-order valence-electron chi connectivity index (χ3n) is 5.69. The fourth-order valence-corrected chi connectivity index (χ4v) is 3.57. The van der Waals surface area contributed by atoms with Gasteiger partial charge < -0.3 is 14.6 Å². The summed E-state index contributed by atoms with van der Waals surface area (Å²) in [4.78, 5) is 12.2. The summed E-state index contributed by atoms with van der Waals surface area (Å²) in [6, 6.07) is 0. The van der Waals surface area contributed by atoms with Gasteiger partial charge in [0.2, 0.25) is 0 Å². The van der Waals surface area contributed by atoms with E-state index in [9.17, 15) is 9.90 Å². The van der Waals surface area contributed by atoms with E-state index in [4.69, 9.17) is 9.47 Å². The second-order valence-corrected chi connectivity index (χ2v) is 7.81. The van der Waals surface area contributed by atoms with Crippen molar-refractivity contribution in [2.24, 2.45) is 11.8 Å². The number of esters is 1. The van der Waals surface area contributed by atoms with Gasteiger partial charge in [-0.15, -0.1) is 0 Å². The zero-order valence-corrected chi connectivity index (χ0v) is 15.8. The van der Waals surface area contributed by atoms with Crippen LogP contribution in [0.15, 0.2) is 23.3 Å². The molecule has 2 aliphatic rings. The van der Waals surface area contributed by atoms with Crippen LogP contribution in [-0.4, -0.2) is 35.0 Å². The Hall–Kier alpha value is -1.13. The zero-order valence-electron chi connectivity index (χ0n) is 15.8. The third kappa shape index (κ3) is 3.92. The van der Waals surface area contributed by atoms with Gasteiger partial charge in [0, 0.05) is 12.0 Å². The van der Waals surface area contributed by atoms with Crippen molar-refractivity contribution in [1.29, 1.82) is 0 Å². The second-order valence-electron chi connectivity index (χ2n) is 7.81. The van der Waals surface area contributed by atoms with Gasteiger partial charge in [0.25, 0.3) is 0 Å². The summed E-state index contributed by atoms with van der Waals surface area (Å²) in [7, 11) is 0.